The molecule has 0 bridgehead atoms. The fourth-order valence-electron chi connectivity index (χ4n) is 2.47. The maximum atomic E-state index is 12.7. The van der Waals surface area contributed by atoms with Crippen LogP contribution in [0.2, 0.25) is 0 Å². The highest BCUT2D eigenvalue weighted by atomic mass is 16.6. The topological polar surface area (TPSA) is 101 Å². The molecule has 1 N–H and O–H groups in total. The number of hydrazone groups is 1. The predicted molar refractivity (Wildman–Crippen MR) is 108 cm³/mol. The quantitative estimate of drug-likeness (QED) is 0.518. The standard InChI is InChI=1S/C21H22N4O4/c1-21(2,3)29-20(27)25(24-12-15-8-10-22-11-9-15)17-6-4-16(5-7-17)19-18(13-26)23-14-28-19/h4-12,14,26H,13H2,1-3H3/b24-12-. The van der Waals surface area contributed by atoms with Crippen molar-refractivity contribution in [2.75, 3.05) is 5.01 Å². The number of carbonyl (C=O) groups is 1. The first-order chi connectivity index (χ1) is 13.9. The minimum Gasteiger partial charge on any atom is -0.443 e. The second-order valence-electron chi connectivity index (χ2n) is 7.15. The first-order valence-corrected chi connectivity index (χ1v) is 8.98. The van der Waals surface area contributed by atoms with Crippen molar-refractivity contribution in [3.05, 3.63) is 66.4 Å². The van der Waals surface area contributed by atoms with Gasteiger partial charge < -0.3 is 14.3 Å². The molecule has 0 aliphatic heterocycles. The van der Waals surface area contributed by atoms with Gasteiger partial charge in [0.2, 0.25) is 0 Å². The highest BCUT2D eigenvalue weighted by Gasteiger charge is 2.23. The van der Waals surface area contributed by atoms with Crippen LogP contribution in [0.4, 0.5) is 10.5 Å². The predicted octanol–water partition coefficient (Wildman–Crippen LogP) is 4.00. The van der Waals surface area contributed by atoms with Crippen molar-refractivity contribution in [1.29, 1.82) is 0 Å². The maximum absolute atomic E-state index is 12.7. The van der Waals surface area contributed by atoms with Crippen LogP contribution in [-0.4, -0.2) is 33.0 Å². The molecule has 29 heavy (non-hydrogen) atoms. The van der Waals surface area contributed by atoms with Crippen LogP contribution >= 0.6 is 0 Å². The van der Waals surface area contributed by atoms with Crippen LogP contribution in [0, 0.1) is 0 Å². The third-order valence-corrected chi connectivity index (χ3v) is 3.76. The van der Waals surface area contributed by atoms with Gasteiger partial charge in [-0.25, -0.2) is 9.78 Å². The molecule has 0 radical (unpaired) electrons. The van der Waals surface area contributed by atoms with E-state index in [2.05, 4.69) is 15.1 Å². The number of rotatable bonds is 5. The highest BCUT2D eigenvalue weighted by molar-refractivity contribution is 5.91. The van der Waals surface area contributed by atoms with Crippen molar-refractivity contribution in [2.45, 2.75) is 33.0 Å². The number of aliphatic hydroxyl groups is 1. The third kappa shape index (κ3) is 5.26. The van der Waals surface area contributed by atoms with Gasteiger partial charge in [-0.15, -0.1) is 0 Å². The Kier molecular flexibility index (Phi) is 6.04. The summed E-state index contributed by atoms with van der Waals surface area (Å²) in [6.45, 7) is 5.14. The van der Waals surface area contributed by atoms with Crippen LogP contribution in [0.15, 0.2) is 64.7 Å². The molecule has 0 saturated carbocycles. The van der Waals surface area contributed by atoms with Gasteiger partial charge in [-0.05, 0) is 62.7 Å². The first kappa shape index (κ1) is 20.2. The van der Waals surface area contributed by atoms with Crippen molar-refractivity contribution < 1.29 is 19.1 Å². The Morgan fingerprint density at radius 2 is 1.90 bits per heavy atom. The summed E-state index contributed by atoms with van der Waals surface area (Å²) in [7, 11) is 0. The van der Waals surface area contributed by atoms with Gasteiger partial charge in [0, 0.05) is 18.0 Å². The van der Waals surface area contributed by atoms with E-state index < -0.39 is 11.7 Å². The van der Waals surface area contributed by atoms with Gasteiger partial charge in [0.05, 0.1) is 18.5 Å². The highest BCUT2D eigenvalue weighted by Crippen LogP contribution is 2.27. The summed E-state index contributed by atoms with van der Waals surface area (Å²) in [5, 5.41) is 14.8. The minimum absolute atomic E-state index is 0.228. The number of aromatic nitrogens is 2. The Bertz CT molecular complexity index is 976. The Hall–Kier alpha value is -3.52. The van der Waals surface area contributed by atoms with Gasteiger partial charge in [-0.2, -0.15) is 10.1 Å². The van der Waals surface area contributed by atoms with Crippen molar-refractivity contribution in [1.82, 2.24) is 9.97 Å². The van der Waals surface area contributed by atoms with E-state index in [0.29, 0.717) is 17.1 Å². The summed E-state index contributed by atoms with van der Waals surface area (Å²) < 4.78 is 10.8. The van der Waals surface area contributed by atoms with Gasteiger partial charge >= 0.3 is 6.09 Å². The number of anilines is 1. The molecule has 0 fully saturated rings. The van der Waals surface area contributed by atoms with Crippen LogP contribution in [0.25, 0.3) is 11.3 Å². The molecular formula is C21H22N4O4. The molecule has 0 unspecified atom stereocenters. The average Bonchev–Trinajstić information content (AvgIpc) is 3.17. The van der Waals surface area contributed by atoms with Crippen molar-refractivity contribution in [3.8, 4) is 11.3 Å². The summed E-state index contributed by atoms with van der Waals surface area (Å²) in [5.41, 5.74) is 1.80. The molecule has 0 spiro atoms. The van der Waals surface area contributed by atoms with Crippen LogP contribution in [0.5, 0.6) is 0 Å². The van der Waals surface area contributed by atoms with Gasteiger partial charge in [0.15, 0.2) is 12.2 Å². The zero-order valence-corrected chi connectivity index (χ0v) is 16.4. The molecule has 1 amide bonds. The molecule has 2 aromatic heterocycles. The lowest BCUT2D eigenvalue weighted by Crippen LogP contribution is -2.33. The van der Waals surface area contributed by atoms with E-state index in [-0.39, 0.29) is 6.61 Å². The molecule has 0 saturated heterocycles. The summed E-state index contributed by atoms with van der Waals surface area (Å²) in [6, 6.07) is 10.5. The number of nitrogens with zero attached hydrogens (tertiary/aromatic N) is 4. The number of hydrogen-bond donors (Lipinski definition) is 1. The van der Waals surface area contributed by atoms with E-state index in [1.54, 1.807) is 75.8 Å². The van der Waals surface area contributed by atoms with Crippen LogP contribution in [-0.2, 0) is 11.3 Å². The molecule has 3 rings (SSSR count). The van der Waals surface area contributed by atoms with Crippen molar-refractivity contribution in [2.24, 2.45) is 5.10 Å². The van der Waals surface area contributed by atoms with Gasteiger partial charge in [-0.1, -0.05) is 0 Å². The van der Waals surface area contributed by atoms with Crippen LogP contribution in [0.1, 0.15) is 32.0 Å². The Labute approximate surface area is 168 Å². The van der Waals surface area contributed by atoms with E-state index >= 15 is 0 Å². The monoisotopic (exact) mass is 394 g/mol. The lowest BCUT2D eigenvalue weighted by Gasteiger charge is -2.24. The van der Waals surface area contributed by atoms with Crippen molar-refractivity contribution >= 4 is 18.0 Å². The summed E-state index contributed by atoms with van der Waals surface area (Å²) in [4.78, 5) is 20.6. The fourth-order valence-corrected chi connectivity index (χ4v) is 2.47. The SMILES string of the molecule is CC(C)(C)OC(=O)N(/N=C\c1ccncc1)c1ccc(-c2ocnc2CO)cc1. The maximum Gasteiger partial charge on any atom is 0.435 e. The van der Waals surface area contributed by atoms with Gasteiger partial charge in [0.1, 0.15) is 11.3 Å². The molecule has 0 aliphatic rings. The van der Waals surface area contributed by atoms with E-state index in [9.17, 15) is 9.90 Å². The Morgan fingerprint density at radius 3 is 2.52 bits per heavy atom. The molecule has 3 aromatic rings. The molecule has 1 aromatic carbocycles. The Balaban J connectivity index is 1.90. The zero-order valence-electron chi connectivity index (χ0n) is 16.4. The van der Waals surface area contributed by atoms with E-state index in [4.69, 9.17) is 9.15 Å². The molecular weight excluding hydrogens is 372 g/mol. The minimum atomic E-state index is -0.669. The van der Waals surface area contributed by atoms with Gasteiger partial charge in [0.25, 0.3) is 0 Å². The third-order valence-electron chi connectivity index (χ3n) is 3.76. The van der Waals surface area contributed by atoms with E-state index in [0.717, 1.165) is 11.1 Å². The van der Waals surface area contributed by atoms with Crippen LogP contribution in [0.3, 0.4) is 0 Å². The van der Waals surface area contributed by atoms with E-state index in [1.807, 2.05) is 0 Å². The molecule has 150 valence electrons. The number of pyridine rings is 1. The smallest absolute Gasteiger partial charge is 0.435 e. The number of benzene rings is 1. The lowest BCUT2D eigenvalue weighted by atomic mass is 10.1. The summed E-state index contributed by atoms with van der Waals surface area (Å²) >= 11 is 0. The fraction of sp³-hybridized carbons (Fsp3) is 0.238. The number of carbonyl (C=O) groups excluding carboxylic acids is 1. The molecule has 2 heterocycles. The first-order valence-electron chi connectivity index (χ1n) is 8.98. The molecule has 0 atom stereocenters. The molecule has 8 nitrogen and oxygen atoms in total. The number of amides is 1. The number of ether oxygens (including phenoxy) is 1. The number of aliphatic hydroxyl groups excluding tert-OH is 1. The number of oxazole rings is 1. The second kappa shape index (κ2) is 8.66. The van der Waals surface area contributed by atoms with Gasteiger partial charge in [-0.3, -0.25) is 4.98 Å². The average molecular weight is 394 g/mol. The summed E-state index contributed by atoms with van der Waals surface area (Å²) in [5.74, 6) is 0.475. The molecule has 8 heteroatoms. The van der Waals surface area contributed by atoms with E-state index in [1.165, 1.54) is 11.4 Å². The largest absolute Gasteiger partial charge is 0.443 e. The second-order valence-corrected chi connectivity index (χ2v) is 7.15. The summed E-state index contributed by atoms with van der Waals surface area (Å²) in [6.07, 6.45) is 5.51. The normalized spacial score (nSPS) is 11.6. The molecule has 0 aliphatic carbocycles. The number of hydrogen-bond acceptors (Lipinski definition) is 7. The Morgan fingerprint density at radius 1 is 1.21 bits per heavy atom. The lowest BCUT2D eigenvalue weighted by molar-refractivity contribution is 0.0581. The van der Waals surface area contributed by atoms with Crippen molar-refractivity contribution in [3.63, 3.8) is 0 Å². The zero-order chi connectivity index (χ0) is 20.9. The van der Waals surface area contributed by atoms with Crippen LogP contribution < -0.4 is 5.01 Å².